The second kappa shape index (κ2) is 5.02. The number of fused-ring (bicyclic) bond motifs is 1. The van der Waals surface area contributed by atoms with Crippen LogP contribution in [-0.2, 0) is 0 Å². The Bertz CT molecular complexity index is 723. The highest BCUT2D eigenvalue weighted by atomic mass is 79.9. The van der Waals surface area contributed by atoms with Crippen molar-refractivity contribution in [1.29, 1.82) is 0 Å². The Morgan fingerprint density at radius 2 is 1.79 bits per heavy atom. The highest BCUT2D eigenvalue weighted by Gasteiger charge is 2.06. The zero-order valence-corrected chi connectivity index (χ0v) is 12.1. The number of anilines is 1. The minimum Gasteiger partial charge on any atom is -0.388 e. The molecule has 0 spiro atoms. The summed E-state index contributed by atoms with van der Waals surface area (Å²) in [6, 6.07) is 18.5. The van der Waals surface area contributed by atoms with Crippen molar-refractivity contribution in [3.8, 4) is 11.3 Å². The number of halogens is 1. The van der Waals surface area contributed by atoms with E-state index in [1.807, 2.05) is 37.4 Å². The van der Waals surface area contributed by atoms with Gasteiger partial charge in [0.05, 0.1) is 11.2 Å². The molecule has 0 fully saturated rings. The van der Waals surface area contributed by atoms with E-state index in [1.165, 1.54) is 0 Å². The van der Waals surface area contributed by atoms with Gasteiger partial charge >= 0.3 is 0 Å². The van der Waals surface area contributed by atoms with Gasteiger partial charge in [-0.15, -0.1) is 0 Å². The predicted octanol–water partition coefficient (Wildman–Crippen LogP) is 4.71. The molecule has 0 aliphatic heterocycles. The van der Waals surface area contributed by atoms with Gasteiger partial charge in [-0.05, 0) is 24.3 Å². The molecule has 0 aliphatic carbocycles. The number of nitrogens with one attached hydrogen (secondary N) is 1. The van der Waals surface area contributed by atoms with Crippen molar-refractivity contribution in [2.75, 3.05) is 12.4 Å². The number of pyridine rings is 1. The molecule has 0 atom stereocenters. The summed E-state index contributed by atoms with van der Waals surface area (Å²) in [6.45, 7) is 0. The molecule has 3 rings (SSSR count). The Labute approximate surface area is 120 Å². The second-order valence-corrected chi connectivity index (χ2v) is 5.25. The smallest absolute Gasteiger partial charge is 0.0731 e. The molecular formula is C16H13BrN2. The lowest BCUT2D eigenvalue weighted by Gasteiger charge is -2.09. The molecule has 3 heteroatoms. The van der Waals surface area contributed by atoms with Gasteiger partial charge in [0.2, 0.25) is 0 Å². The van der Waals surface area contributed by atoms with Crippen LogP contribution in [0.25, 0.3) is 22.2 Å². The fraction of sp³-hybridized carbons (Fsp3) is 0.0625. The van der Waals surface area contributed by atoms with Crippen molar-refractivity contribution in [2.24, 2.45) is 0 Å². The monoisotopic (exact) mass is 312 g/mol. The van der Waals surface area contributed by atoms with E-state index in [2.05, 4.69) is 45.5 Å². The maximum absolute atomic E-state index is 4.73. The highest BCUT2D eigenvalue weighted by molar-refractivity contribution is 9.10. The summed E-state index contributed by atoms with van der Waals surface area (Å²) in [7, 11) is 1.93. The number of aromatic nitrogens is 1. The third kappa shape index (κ3) is 2.34. The number of rotatable bonds is 2. The van der Waals surface area contributed by atoms with Crippen LogP contribution in [0.15, 0.2) is 59.1 Å². The van der Waals surface area contributed by atoms with Crippen molar-refractivity contribution in [3.63, 3.8) is 0 Å². The van der Waals surface area contributed by atoms with E-state index in [4.69, 9.17) is 4.98 Å². The Balaban J connectivity index is 2.26. The minimum atomic E-state index is 0.986. The zero-order chi connectivity index (χ0) is 13.2. The maximum atomic E-state index is 4.73. The third-order valence-corrected chi connectivity index (χ3v) is 3.60. The average Bonchev–Trinajstić information content (AvgIpc) is 2.47. The fourth-order valence-corrected chi connectivity index (χ4v) is 2.52. The summed E-state index contributed by atoms with van der Waals surface area (Å²) in [6.07, 6.45) is 0. The molecular weight excluding hydrogens is 300 g/mol. The van der Waals surface area contributed by atoms with E-state index in [9.17, 15) is 0 Å². The van der Waals surface area contributed by atoms with Gasteiger partial charge < -0.3 is 5.32 Å². The molecule has 2 nitrogen and oxygen atoms in total. The van der Waals surface area contributed by atoms with E-state index in [0.29, 0.717) is 0 Å². The summed E-state index contributed by atoms with van der Waals surface area (Å²) < 4.78 is 1.06. The van der Waals surface area contributed by atoms with Crippen LogP contribution in [-0.4, -0.2) is 12.0 Å². The van der Waals surface area contributed by atoms with Crippen LogP contribution in [0.3, 0.4) is 0 Å². The molecule has 1 N–H and O–H groups in total. The standard InChI is InChI=1S/C16H13BrN2/c1-18-16-10-15(11-5-3-2-4-6-11)19-14-8-7-12(17)9-13(14)16/h2-10H,1H3,(H,18,19). The van der Waals surface area contributed by atoms with Crippen LogP contribution in [0.5, 0.6) is 0 Å². The fourth-order valence-electron chi connectivity index (χ4n) is 2.16. The summed E-state index contributed by atoms with van der Waals surface area (Å²) in [4.78, 5) is 4.73. The summed E-state index contributed by atoms with van der Waals surface area (Å²) in [5.74, 6) is 0. The molecule has 0 aliphatic rings. The molecule has 0 amide bonds. The first-order valence-electron chi connectivity index (χ1n) is 6.11. The Morgan fingerprint density at radius 3 is 2.53 bits per heavy atom. The Hall–Kier alpha value is -1.87. The van der Waals surface area contributed by atoms with Gasteiger partial charge in [-0.3, -0.25) is 0 Å². The summed E-state index contributed by atoms with van der Waals surface area (Å²) >= 11 is 3.50. The lowest BCUT2D eigenvalue weighted by Crippen LogP contribution is -1.94. The number of hydrogen-bond acceptors (Lipinski definition) is 2. The summed E-state index contributed by atoms with van der Waals surface area (Å²) in [5.41, 5.74) is 4.20. The molecule has 94 valence electrons. The number of benzene rings is 2. The lowest BCUT2D eigenvalue weighted by molar-refractivity contribution is 1.38. The van der Waals surface area contributed by atoms with E-state index in [-0.39, 0.29) is 0 Å². The lowest BCUT2D eigenvalue weighted by atomic mass is 10.1. The van der Waals surface area contributed by atoms with Gasteiger partial charge in [0.1, 0.15) is 0 Å². The van der Waals surface area contributed by atoms with E-state index in [1.54, 1.807) is 0 Å². The SMILES string of the molecule is CNc1cc(-c2ccccc2)nc2ccc(Br)cc12. The molecule has 2 aromatic carbocycles. The van der Waals surface area contributed by atoms with Crippen molar-refractivity contribution >= 4 is 32.5 Å². The van der Waals surface area contributed by atoms with Gasteiger partial charge in [0.15, 0.2) is 0 Å². The second-order valence-electron chi connectivity index (χ2n) is 4.33. The third-order valence-electron chi connectivity index (χ3n) is 3.11. The van der Waals surface area contributed by atoms with E-state index < -0.39 is 0 Å². The molecule has 1 aromatic heterocycles. The topological polar surface area (TPSA) is 24.9 Å². The van der Waals surface area contributed by atoms with Crippen molar-refractivity contribution in [3.05, 3.63) is 59.1 Å². The van der Waals surface area contributed by atoms with E-state index >= 15 is 0 Å². The highest BCUT2D eigenvalue weighted by Crippen LogP contribution is 2.29. The largest absolute Gasteiger partial charge is 0.388 e. The van der Waals surface area contributed by atoms with Gasteiger partial charge in [-0.1, -0.05) is 46.3 Å². The molecule has 19 heavy (non-hydrogen) atoms. The van der Waals surface area contributed by atoms with Gasteiger partial charge in [-0.2, -0.15) is 0 Å². The first kappa shape index (κ1) is 12.2. The van der Waals surface area contributed by atoms with Gasteiger partial charge in [0.25, 0.3) is 0 Å². The Kier molecular flexibility index (Phi) is 3.22. The molecule has 0 unspecified atom stereocenters. The molecule has 0 saturated heterocycles. The average molecular weight is 313 g/mol. The van der Waals surface area contributed by atoms with E-state index in [0.717, 1.165) is 32.3 Å². The molecule has 3 aromatic rings. The van der Waals surface area contributed by atoms with Crippen LogP contribution in [0.2, 0.25) is 0 Å². The first-order valence-corrected chi connectivity index (χ1v) is 6.91. The molecule has 0 radical (unpaired) electrons. The molecule has 0 bridgehead atoms. The molecule has 0 saturated carbocycles. The van der Waals surface area contributed by atoms with Crippen LogP contribution < -0.4 is 5.32 Å². The predicted molar refractivity (Wildman–Crippen MR) is 84.4 cm³/mol. The zero-order valence-electron chi connectivity index (χ0n) is 10.5. The van der Waals surface area contributed by atoms with Gasteiger partial charge in [-0.25, -0.2) is 4.98 Å². The summed E-state index contributed by atoms with van der Waals surface area (Å²) in [5, 5.41) is 4.37. The Morgan fingerprint density at radius 1 is 1.00 bits per heavy atom. The quantitative estimate of drug-likeness (QED) is 0.741. The minimum absolute atomic E-state index is 0.986. The van der Waals surface area contributed by atoms with Crippen LogP contribution in [0, 0.1) is 0 Å². The molecule has 1 heterocycles. The van der Waals surface area contributed by atoms with Crippen LogP contribution in [0.1, 0.15) is 0 Å². The van der Waals surface area contributed by atoms with Crippen LogP contribution >= 0.6 is 15.9 Å². The van der Waals surface area contributed by atoms with Crippen LogP contribution in [0.4, 0.5) is 5.69 Å². The number of hydrogen-bond donors (Lipinski definition) is 1. The van der Waals surface area contributed by atoms with Crippen molar-refractivity contribution < 1.29 is 0 Å². The first-order chi connectivity index (χ1) is 9.28. The van der Waals surface area contributed by atoms with Crippen molar-refractivity contribution in [1.82, 2.24) is 4.98 Å². The normalized spacial score (nSPS) is 10.6. The maximum Gasteiger partial charge on any atom is 0.0731 e. The van der Waals surface area contributed by atoms with Gasteiger partial charge in [0, 0.05) is 28.2 Å². The van der Waals surface area contributed by atoms with Crippen molar-refractivity contribution in [2.45, 2.75) is 0 Å². The number of nitrogens with zero attached hydrogens (tertiary/aromatic N) is 1.